The molecule has 0 aromatic heterocycles. The fourth-order valence-corrected chi connectivity index (χ4v) is 1.71. The molecule has 0 fully saturated rings. The molecule has 18 heavy (non-hydrogen) atoms. The molecule has 0 heterocycles. The maximum atomic E-state index is 12.8. The van der Waals surface area contributed by atoms with Gasteiger partial charge in [-0.2, -0.15) is 5.26 Å². The molecule has 0 amide bonds. The average Bonchev–Trinajstić information content (AvgIpc) is 2.41. The zero-order valence-electron chi connectivity index (χ0n) is 9.51. The first-order chi connectivity index (χ1) is 8.72. The fraction of sp³-hybridized carbons (Fsp3) is 0.0667. The van der Waals surface area contributed by atoms with Gasteiger partial charge >= 0.3 is 0 Å². The van der Waals surface area contributed by atoms with E-state index >= 15 is 0 Å². The van der Waals surface area contributed by atoms with Crippen molar-refractivity contribution in [1.29, 1.82) is 5.26 Å². The highest BCUT2D eigenvalue weighted by Crippen LogP contribution is 2.20. The molecule has 2 nitrogen and oxygen atoms in total. The van der Waals surface area contributed by atoms with E-state index in [0.29, 0.717) is 11.1 Å². The van der Waals surface area contributed by atoms with E-state index in [1.807, 2.05) is 12.1 Å². The van der Waals surface area contributed by atoms with E-state index in [0.717, 1.165) is 0 Å². The van der Waals surface area contributed by atoms with Crippen LogP contribution in [0, 0.1) is 17.1 Å². The predicted molar refractivity (Wildman–Crippen MR) is 65.5 cm³/mol. The summed E-state index contributed by atoms with van der Waals surface area (Å²) < 4.78 is 12.8. The Bertz CT molecular complexity index is 584. The Kier molecular flexibility index (Phi) is 3.49. The highest BCUT2D eigenvalue weighted by molar-refractivity contribution is 6.02. The number of ketones is 1. The number of hydrogen-bond donors (Lipinski definition) is 0. The molecule has 1 atom stereocenters. The topological polar surface area (TPSA) is 40.9 Å². The lowest BCUT2D eigenvalue weighted by Gasteiger charge is -2.08. The summed E-state index contributed by atoms with van der Waals surface area (Å²) >= 11 is 0. The lowest BCUT2D eigenvalue weighted by atomic mass is 9.92. The van der Waals surface area contributed by atoms with Crippen molar-refractivity contribution in [1.82, 2.24) is 0 Å². The van der Waals surface area contributed by atoms with E-state index in [-0.39, 0.29) is 5.78 Å². The molecule has 0 bridgehead atoms. The summed E-state index contributed by atoms with van der Waals surface area (Å²) in [5.74, 6) is -1.57. The molecule has 0 aliphatic carbocycles. The number of carbonyl (C=O) groups is 1. The molecule has 0 radical (unpaired) electrons. The number of hydrogen-bond acceptors (Lipinski definition) is 2. The first-order valence-electron chi connectivity index (χ1n) is 5.46. The van der Waals surface area contributed by atoms with Crippen LogP contribution < -0.4 is 0 Å². The molecule has 2 rings (SSSR count). The highest BCUT2D eigenvalue weighted by atomic mass is 19.1. The lowest BCUT2D eigenvalue weighted by Crippen LogP contribution is -2.11. The minimum atomic E-state index is -0.850. The Labute approximate surface area is 104 Å². The van der Waals surface area contributed by atoms with Crippen LogP contribution in [-0.2, 0) is 0 Å². The van der Waals surface area contributed by atoms with Gasteiger partial charge in [-0.3, -0.25) is 4.79 Å². The second-order valence-corrected chi connectivity index (χ2v) is 3.84. The first-order valence-corrected chi connectivity index (χ1v) is 5.46. The van der Waals surface area contributed by atoms with Crippen LogP contribution in [0.5, 0.6) is 0 Å². The summed E-state index contributed by atoms with van der Waals surface area (Å²) in [6.07, 6.45) is 0. The van der Waals surface area contributed by atoms with Crippen LogP contribution in [0.4, 0.5) is 4.39 Å². The van der Waals surface area contributed by atoms with Gasteiger partial charge < -0.3 is 0 Å². The summed E-state index contributed by atoms with van der Waals surface area (Å²) in [5.41, 5.74) is 0.987. The predicted octanol–water partition coefficient (Wildman–Crippen LogP) is 3.32. The third-order valence-corrected chi connectivity index (χ3v) is 2.65. The van der Waals surface area contributed by atoms with Crippen LogP contribution in [0.1, 0.15) is 21.8 Å². The number of halogens is 1. The van der Waals surface area contributed by atoms with Gasteiger partial charge in [-0.25, -0.2) is 4.39 Å². The SMILES string of the molecule is N#CC(C(=O)c1ccc(F)cc1)c1ccccc1. The first kappa shape index (κ1) is 12.0. The van der Waals surface area contributed by atoms with E-state index < -0.39 is 11.7 Å². The van der Waals surface area contributed by atoms with Crippen LogP contribution in [0.15, 0.2) is 54.6 Å². The molecule has 0 spiro atoms. The quantitative estimate of drug-likeness (QED) is 0.771. The van der Waals surface area contributed by atoms with Crippen molar-refractivity contribution < 1.29 is 9.18 Å². The molecule has 3 heteroatoms. The second kappa shape index (κ2) is 5.24. The standard InChI is InChI=1S/C15H10FNO/c16-13-8-6-12(7-9-13)15(18)14(10-17)11-4-2-1-3-5-11/h1-9,14H. The van der Waals surface area contributed by atoms with E-state index in [9.17, 15) is 9.18 Å². The summed E-state index contributed by atoms with van der Waals surface area (Å²) in [5, 5.41) is 9.12. The molecular weight excluding hydrogens is 229 g/mol. The minimum Gasteiger partial charge on any atom is -0.292 e. The Morgan fingerprint density at radius 1 is 1.06 bits per heavy atom. The van der Waals surface area contributed by atoms with Crippen LogP contribution >= 0.6 is 0 Å². The molecule has 88 valence electrons. The third-order valence-electron chi connectivity index (χ3n) is 2.65. The molecule has 0 saturated heterocycles. The molecular formula is C15H10FNO. The molecule has 0 N–H and O–H groups in total. The molecule has 2 aromatic carbocycles. The van der Waals surface area contributed by atoms with Gasteiger partial charge in [-0.05, 0) is 29.8 Å². The minimum absolute atomic E-state index is 0.316. The normalized spacial score (nSPS) is 11.6. The average molecular weight is 239 g/mol. The molecule has 0 aliphatic heterocycles. The third kappa shape index (κ3) is 2.44. The monoisotopic (exact) mass is 239 g/mol. The molecule has 0 aliphatic rings. The number of carbonyl (C=O) groups excluding carboxylic acids is 1. The Balaban J connectivity index is 2.32. The van der Waals surface area contributed by atoms with Crippen LogP contribution in [0.3, 0.4) is 0 Å². The number of rotatable bonds is 3. The van der Waals surface area contributed by atoms with Crippen molar-refractivity contribution in [2.24, 2.45) is 0 Å². The van der Waals surface area contributed by atoms with Gasteiger partial charge in [0.1, 0.15) is 11.7 Å². The zero-order valence-corrected chi connectivity index (χ0v) is 9.51. The molecule has 2 aromatic rings. The van der Waals surface area contributed by atoms with E-state index in [1.54, 1.807) is 24.3 Å². The van der Waals surface area contributed by atoms with Crippen molar-refractivity contribution in [2.45, 2.75) is 5.92 Å². The number of nitriles is 1. The molecule has 0 saturated carbocycles. The van der Waals surface area contributed by atoms with Crippen molar-refractivity contribution in [3.63, 3.8) is 0 Å². The van der Waals surface area contributed by atoms with Gasteiger partial charge in [0.25, 0.3) is 0 Å². The smallest absolute Gasteiger partial charge is 0.184 e. The summed E-state index contributed by atoms with van der Waals surface area (Å²) in [7, 11) is 0. The van der Waals surface area contributed by atoms with Crippen molar-refractivity contribution in [3.05, 3.63) is 71.5 Å². The van der Waals surface area contributed by atoms with Gasteiger partial charge in [-0.15, -0.1) is 0 Å². The maximum Gasteiger partial charge on any atom is 0.184 e. The maximum absolute atomic E-state index is 12.8. The van der Waals surface area contributed by atoms with Gasteiger partial charge in [0.2, 0.25) is 0 Å². The fourth-order valence-electron chi connectivity index (χ4n) is 1.71. The van der Waals surface area contributed by atoms with E-state index in [2.05, 4.69) is 0 Å². The van der Waals surface area contributed by atoms with E-state index in [1.165, 1.54) is 24.3 Å². The van der Waals surface area contributed by atoms with Gasteiger partial charge in [-0.1, -0.05) is 30.3 Å². The second-order valence-electron chi connectivity index (χ2n) is 3.84. The summed E-state index contributed by atoms with van der Waals surface area (Å²) in [6.45, 7) is 0. The largest absolute Gasteiger partial charge is 0.292 e. The van der Waals surface area contributed by atoms with Gasteiger partial charge in [0, 0.05) is 5.56 Å². The highest BCUT2D eigenvalue weighted by Gasteiger charge is 2.21. The van der Waals surface area contributed by atoms with E-state index in [4.69, 9.17) is 5.26 Å². The van der Waals surface area contributed by atoms with Crippen molar-refractivity contribution in [3.8, 4) is 6.07 Å². The van der Waals surface area contributed by atoms with Crippen molar-refractivity contribution >= 4 is 5.78 Å². The number of benzene rings is 2. The van der Waals surface area contributed by atoms with Crippen LogP contribution in [0.25, 0.3) is 0 Å². The Hall–Kier alpha value is -2.47. The zero-order chi connectivity index (χ0) is 13.0. The van der Waals surface area contributed by atoms with Crippen LogP contribution in [-0.4, -0.2) is 5.78 Å². The van der Waals surface area contributed by atoms with Gasteiger partial charge in [0.15, 0.2) is 5.78 Å². The summed E-state index contributed by atoms with van der Waals surface area (Å²) in [4.78, 5) is 12.1. The number of nitrogens with zero attached hydrogens (tertiary/aromatic N) is 1. The Morgan fingerprint density at radius 3 is 2.22 bits per heavy atom. The van der Waals surface area contributed by atoms with Gasteiger partial charge in [0.05, 0.1) is 6.07 Å². The van der Waals surface area contributed by atoms with Crippen LogP contribution in [0.2, 0.25) is 0 Å². The lowest BCUT2D eigenvalue weighted by molar-refractivity contribution is 0.0979. The number of Topliss-reactive ketones (excluding diaryl/α,β-unsaturated/α-hetero) is 1. The summed E-state index contributed by atoms with van der Waals surface area (Å²) in [6, 6.07) is 16.0. The van der Waals surface area contributed by atoms with Crippen molar-refractivity contribution in [2.75, 3.05) is 0 Å². The molecule has 1 unspecified atom stereocenters. The Morgan fingerprint density at radius 2 is 1.67 bits per heavy atom.